The molecule has 0 atom stereocenters. The van der Waals surface area contributed by atoms with E-state index in [0.717, 1.165) is 48.9 Å². The molecule has 2 aliphatic rings. The van der Waals surface area contributed by atoms with Gasteiger partial charge in [-0.3, -0.25) is 0 Å². The molecule has 0 aliphatic carbocycles. The molecule has 6 rings (SSSR count). The van der Waals surface area contributed by atoms with Crippen molar-refractivity contribution < 1.29 is 17.9 Å². The van der Waals surface area contributed by atoms with Gasteiger partial charge in [0.05, 0.1) is 18.9 Å². The number of nitrogens with two attached hydrogens (primary N) is 1. The number of piperidine rings is 1. The minimum absolute atomic E-state index is 0.0800. The van der Waals surface area contributed by atoms with Crippen molar-refractivity contribution in [3.8, 4) is 28.4 Å². The highest BCUT2D eigenvalue weighted by molar-refractivity contribution is 7.69. The molecule has 2 saturated heterocycles. The van der Waals surface area contributed by atoms with E-state index in [1.54, 1.807) is 0 Å². The van der Waals surface area contributed by atoms with E-state index in [0.29, 0.717) is 54.2 Å². The number of aromatic amines is 1. The van der Waals surface area contributed by atoms with E-state index in [4.69, 9.17) is 20.2 Å². The molecule has 2 aromatic heterocycles. The number of nitrogens with zero attached hydrogens (tertiary/aromatic N) is 5. The van der Waals surface area contributed by atoms with E-state index >= 15 is 0 Å². The summed E-state index contributed by atoms with van der Waals surface area (Å²) in [5, 5.41) is 0. The molecule has 4 heterocycles. The van der Waals surface area contributed by atoms with Crippen LogP contribution < -0.4 is 15.4 Å². The van der Waals surface area contributed by atoms with Crippen molar-refractivity contribution in [3.05, 3.63) is 48.8 Å². The predicted molar refractivity (Wildman–Crippen MR) is 146 cm³/mol. The molecule has 0 spiro atoms. The van der Waals surface area contributed by atoms with Gasteiger partial charge in [0.2, 0.25) is 10.9 Å². The van der Waals surface area contributed by atoms with Crippen molar-refractivity contribution in [2.45, 2.75) is 18.9 Å². The number of morpholine rings is 1. The molecular formula is C26H29N7O4S. The maximum absolute atomic E-state index is 11.2. The van der Waals surface area contributed by atoms with Gasteiger partial charge in [-0.1, -0.05) is 0 Å². The zero-order chi connectivity index (χ0) is 26.1. The first-order chi connectivity index (χ1) is 18.5. The molecule has 2 aromatic carbocycles. The molecule has 12 heteroatoms. The zero-order valence-corrected chi connectivity index (χ0v) is 21.6. The number of nitrogen functional groups attached to an aromatic ring is 1. The van der Waals surface area contributed by atoms with Gasteiger partial charge in [-0.15, -0.1) is 0 Å². The molecule has 2 aliphatic heterocycles. The third kappa shape index (κ3) is 5.02. The van der Waals surface area contributed by atoms with Gasteiger partial charge in [-0.2, -0.15) is 0 Å². The van der Waals surface area contributed by atoms with Gasteiger partial charge in [0.25, 0.3) is 0 Å². The molecule has 198 valence electrons. The van der Waals surface area contributed by atoms with E-state index < -0.39 is 10.9 Å². The Morgan fingerprint density at radius 1 is 0.974 bits per heavy atom. The summed E-state index contributed by atoms with van der Waals surface area (Å²) in [6.45, 7) is 4.18. The lowest BCUT2D eigenvalue weighted by Gasteiger charge is -2.28. The Hall–Kier alpha value is -3.74. The fraction of sp³-hybridized carbons (Fsp3) is 0.346. The number of hydrogen-bond donors (Lipinski definition) is 3. The van der Waals surface area contributed by atoms with Crippen molar-refractivity contribution in [2.24, 2.45) is 0 Å². The number of nitrogens with one attached hydrogen (secondary N) is 1. The number of aromatic nitrogens is 4. The second kappa shape index (κ2) is 10.6. The Morgan fingerprint density at radius 2 is 1.71 bits per heavy atom. The first-order valence-corrected chi connectivity index (χ1v) is 13.8. The molecule has 2 fully saturated rings. The second-order valence-electron chi connectivity index (χ2n) is 9.41. The topological polar surface area (TPSA) is 140 Å². The van der Waals surface area contributed by atoms with Crippen molar-refractivity contribution in [1.29, 1.82) is 0 Å². The summed E-state index contributed by atoms with van der Waals surface area (Å²) >= 11 is 0. The first kappa shape index (κ1) is 24.6. The number of hydrogen-bond acceptors (Lipinski definition) is 9. The SMILES string of the molecule is Nc1cc(-c2ncnc3[nH]c(-c4ccc(N5CCOCC5)cc4)nc23)ccc1OC1CCN([SH](=O)=O)CC1. The molecule has 38 heavy (non-hydrogen) atoms. The average molecular weight is 536 g/mol. The van der Waals surface area contributed by atoms with E-state index in [9.17, 15) is 8.42 Å². The van der Waals surface area contributed by atoms with Crippen LogP contribution in [-0.2, 0) is 15.6 Å². The summed E-state index contributed by atoms with van der Waals surface area (Å²) in [6, 6.07) is 13.9. The van der Waals surface area contributed by atoms with Crippen molar-refractivity contribution in [2.75, 3.05) is 50.0 Å². The van der Waals surface area contributed by atoms with Crippen LogP contribution in [0.2, 0.25) is 0 Å². The first-order valence-electron chi connectivity index (χ1n) is 12.6. The fourth-order valence-corrected chi connectivity index (χ4v) is 5.49. The van der Waals surface area contributed by atoms with Crippen LogP contribution in [0.4, 0.5) is 11.4 Å². The average Bonchev–Trinajstić information content (AvgIpc) is 3.40. The number of imidazole rings is 1. The van der Waals surface area contributed by atoms with E-state index in [-0.39, 0.29) is 6.10 Å². The van der Waals surface area contributed by atoms with Crippen molar-refractivity contribution >= 4 is 33.4 Å². The van der Waals surface area contributed by atoms with E-state index in [2.05, 4.69) is 44.1 Å². The van der Waals surface area contributed by atoms with Gasteiger partial charge >= 0.3 is 0 Å². The maximum atomic E-state index is 11.2. The Balaban J connectivity index is 1.21. The molecule has 4 aromatic rings. The minimum atomic E-state index is -2.54. The summed E-state index contributed by atoms with van der Waals surface area (Å²) in [7, 11) is -2.54. The zero-order valence-electron chi connectivity index (χ0n) is 20.7. The maximum Gasteiger partial charge on any atom is 0.203 e. The Labute approximate surface area is 221 Å². The molecule has 3 N–H and O–H groups in total. The molecule has 0 amide bonds. The number of anilines is 2. The quantitative estimate of drug-likeness (QED) is 0.251. The lowest BCUT2D eigenvalue weighted by atomic mass is 10.1. The van der Waals surface area contributed by atoms with Gasteiger partial charge in [0.15, 0.2) is 5.65 Å². The number of ether oxygens (including phenoxy) is 2. The lowest BCUT2D eigenvalue weighted by molar-refractivity contribution is 0.122. The normalized spacial score (nSPS) is 17.3. The number of thiol groups is 1. The van der Waals surface area contributed by atoms with Gasteiger partial charge in [0.1, 0.15) is 35.2 Å². The summed E-state index contributed by atoms with van der Waals surface area (Å²) in [4.78, 5) is 19.3. The highest BCUT2D eigenvalue weighted by atomic mass is 32.2. The fourth-order valence-electron chi connectivity index (χ4n) is 4.93. The standard InChI is InChI=1S/C26H29N7O4S/c27-21-15-18(3-6-22(21)37-20-7-9-33(10-8-20)38(34)35)23-24-26(29-16-28-23)31-25(30-24)17-1-4-19(5-2-17)32-11-13-36-14-12-32/h1-6,15-16,20,38H,7-14,27H2,(H,28,29,30,31). The summed E-state index contributed by atoms with van der Waals surface area (Å²) < 4.78 is 35.3. The van der Waals surface area contributed by atoms with Crippen molar-refractivity contribution in [3.63, 3.8) is 0 Å². The highest BCUT2D eigenvalue weighted by Gasteiger charge is 2.23. The third-order valence-corrected chi connectivity index (χ3v) is 7.89. The van der Waals surface area contributed by atoms with Crippen LogP contribution in [0, 0.1) is 0 Å². The van der Waals surface area contributed by atoms with Crippen LogP contribution in [0.5, 0.6) is 5.75 Å². The molecular weight excluding hydrogens is 506 g/mol. The van der Waals surface area contributed by atoms with Gasteiger partial charge in [0, 0.05) is 43.0 Å². The van der Waals surface area contributed by atoms with Crippen LogP contribution in [0.15, 0.2) is 48.8 Å². The van der Waals surface area contributed by atoms with Gasteiger partial charge in [-0.05, 0) is 55.3 Å². The second-order valence-corrected chi connectivity index (χ2v) is 10.5. The van der Waals surface area contributed by atoms with Crippen LogP contribution >= 0.6 is 0 Å². The number of rotatable bonds is 6. The molecule has 0 saturated carbocycles. The van der Waals surface area contributed by atoms with Crippen LogP contribution in [0.25, 0.3) is 33.8 Å². The van der Waals surface area contributed by atoms with Crippen molar-refractivity contribution in [1.82, 2.24) is 24.2 Å². The molecule has 11 nitrogen and oxygen atoms in total. The molecule has 0 radical (unpaired) electrons. The molecule has 0 unspecified atom stereocenters. The smallest absolute Gasteiger partial charge is 0.203 e. The Kier molecular flexibility index (Phi) is 6.83. The Morgan fingerprint density at radius 3 is 2.42 bits per heavy atom. The largest absolute Gasteiger partial charge is 0.488 e. The van der Waals surface area contributed by atoms with E-state index in [1.807, 2.05) is 18.2 Å². The summed E-state index contributed by atoms with van der Waals surface area (Å²) in [5.41, 5.74) is 11.7. The highest BCUT2D eigenvalue weighted by Crippen LogP contribution is 2.33. The van der Waals surface area contributed by atoms with Crippen LogP contribution in [0.1, 0.15) is 12.8 Å². The number of fused-ring (bicyclic) bond motifs is 1. The van der Waals surface area contributed by atoms with Gasteiger partial charge in [-0.25, -0.2) is 27.7 Å². The lowest BCUT2D eigenvalue weighted by Crippen LogP contribution is -2.37. The van der Waals surface area contributed by atoms with Crippen LogP contribution in [-0.4, -0.2) is 78.2 Å². The minimum Gasteiger partial charge on any atom is -0.488 e. The summed E-state index contributed by atoms with van der Waals surface area (Å²) in [5.74, 6) is 1.29. The predicted octanol–water partition coefficient (Wildman–Crippen LogP) is 2.48. The Bertz CT molecular complexity index is 1500. The monoisotopic (exact) mass is 535 g/mol. The van der Waals surface area contributed by atoms with Gasteiger partial charge < -0.3 is 25.1 Å². The number of benzene rings is 2. The van der Waals surface area contributed by atoms with E-state index in [1.165, 1.54) is 10.6 Å². The third-order valence-electron chi connectivity index (χ3n) is 7.03. The summed E-state index contributed by atoms with van der Waals surface area (Å²) in [6.07, 6.45) is 2.68. The number of H-pyrrole nitrogens is 1. The van der Waals surface area contributed by atoms with Crippen LogP contribution in [0.3, 0.4) is 0 Å². The molecule has 0 bridgehead atoms.